The number of alkyl halides is 5. The highest BCUT2D eigenvalue weighted by Crippen LogP contribution is 2.37. The van der Waals surface area contributed by atoms with Crippen LogP contribution in [0.3, 0.4) is 0 Å². The van der Waals surface area contributed by atoms with Crippen molar-refractivity contribution in [2.24, 2.45) is 0 Å². The van der Waals surface area contributed by atoms with Gasteiger partial charge >= 0.3 is 16.6 Å². The van der Waals surface area contributed by atoms with Crippen LogP contribution in [-0.2, 0) is 10.2 Å². The number of carbonyl (C=O) groups is 1. The van der Waals surface area contributed by atoms with Gasteiger partial charge in [0.15, 0.2) is 0 Å². The van der Waals surface area contributed by atoms with Crippen molar-refractivity contribution in [3.05, 3.63) is 51.8 Å². The molecule has 180 valence electrons. The minimum atomic E-state index is -4.99. The molecule has 1 aliphatic rings. The van der Waals surface area contributed by atoms with Gasteiger partial charge in [-0.05, 0) is 18.2 Å². The first kappa shape index (κ1) is 25.2. The Kier molecular flexibility index (Phi) is 6.68. The number of amides is 1. The lowest BCUT2D eigenvalue weighted by atomic mass is 10.2. The van der Waals surface area contributed by atoms with Crippen LogP contribution in [0.4, 0.5) is 26.3 Å². The van der Waals surface area contributed by atoms with Crippen molar-refractivity contribution in [1.82, 2.24) is 9.03 Å². The summed E-state index contributed by atoms with van der Waals surface area (Å²) in [6.45, 7) is -2.28. The van der Waals surface area contributed by atoms with Gasteiger partial charge in [-0.2, -0.15) is 12.7 Å². The van der Waals surface area contributed by atoms with Crippen LogP contribution in [0.1, 0.15) is 10.4 Å². The molecule has 0 atom stereocenters. The van der Waals surface area contributed by atoms with Gasteiger partial charge in [-0.3, -0.25) is 4.79 Å². The zero-order valence-electron chi connectivity index (χ0n) is 15.7. The van der Waals surface area contributed by atoms with Crippen molar-refractivity contribution in [2.45, 2.75) is 12.3 Å². The minimum absolute atomic E-state index is 0.172. The fourth-order valence-electron chi connectivity index (χ4n) is 2.54. The lowest BCUT2D eigenvalue weighted by molar-refractivity contribution is -0.274. The van der Waals surface area contributed by atoms with Gasteiger partial charge in [0.05, 0.1) is 28.7 Å². The number of nitrogens with zero attached hydrogens (tertiary/aromatic N) is 1. The normalized spacial score (nSPS) is 16.1. The van der Waals surface area contributed by atoms with Gasteiger partial charge in [-0.1, -0.05) is 23.2 Å². The number of ether oxygens (including phenoxy) is 2. The van der Waals surface area contributed by atoms with Crippen LogP contribution in [0.2, 0.25) is 10.0 Å². The van der Waals surface area contributed by atoms with Crippen LogP contribution in [0.5, 0.6) is 17.2 Å². The van der Waals surface area contributed by atoms with Crippen molar-refractivity contribution in [1.29, 1.82) is 0 Å². The molecule has 0 unspecified atom stereocenters. The average molecular weight is 539 g/mol. The molecule has 0 spiro atoms. The minimum Gasteiger partial charge on any atom is -0.456 e. The van der Waals surface area contributed by atoms with E-state index < -0.39 is 69.4 Å². The molecule has 2 aromatic carbocycles. The van der Waals surface area contributed by atoms with E-state index in [2.05, 4.69) is 4.74 Å². The largest absolute Gasteiger partial charge is 0.573 e. The van der Waals surface area contributed by atoms with Gasteiger partial charge in [0.1, 0.15) is 23.1 Å². The summed E-state index contributed by atoms with van der Waals surface area (Å²) in [5, 5.41) is -0.875. The first-order valence-electron chi connectivity index (χ1n) is 8.48. The van der Waals surface area contributed by atoms with Gasteiger partial charge in [-0.25, -0.2) is 17.9 Å². The van der Waals surface area contributed by atoms with Crippen molar-refractivity contribution in [3.63, 3.8) is 0 Å². The maximum atomic E-state index is 14.4. The molecule has 7 nitrogen and oxygen atoms in total. The molecule has 1 fully saturated rings. The molecule has 1 N–H and O–H groups in total. The van der Waals surface area contributed by atoms with Gasteiger partial charge in [0.25, 0.3) is 11.8 Å². The second-order valence-corrected chi connectivity index (χ2v) is 9.05. The first-order chi connectivity index (χ1) is 15.1. The second-order valence-electron chi connectivity index (χ2n) is 6.56. The lowest BCUT2D eigenvalue weighted by Gasteiger charge is -2.37. The molecular weight excluding hydrogens is 529 g/mol. The molecule has 0 radical (unpaired) electrons. The number of hydrogen-bond donors (Lipinski definition) is 1. The highest BCUT2D eigenvalue weighted by atomic mass is 35.5. The molecule has 1 amide bonds. The first-order valence-corrected chi connectivity index (χ1v) is 10.7. The number of benzene rings is 2. The molecule has 16 heteroatoms. The molecule has 0 bridgehead atoms. The Balaban J connectivity index is 1.75. The summed E-state index contributed by atoms with van der Waals surface area (Å²) >= 11 is 11.6. The third-order valence-corrected chi connectivity index (χ3v) is 5.97. The number of rotatable bonds is 6. The Morgan fingerprint density at radius 3 is 2.21 bits per heavy atom. The predicted octanol–water partition coefficient (Wildman–Crippen LogP) is 4.75. The molecule has 0 saturated carbocycles. The molecule has 0 aromatic heterocycles. The quantitative estimate of drug-likeness (QED) is 0.536. The zero-order chi connectivity index (χ0) is 24.8. The molecule has 1 heterocycles. The van der Waals surface area contributed by atoms with E-state index in [0.29, 0.717) is 12.1 Å². The van der Waals surface area contributed by atoms with E-state index in [1.807, 2.05) is 0 Å². The third kappa shape index (κ3) is 6.13. The maximum absolute atomic E-state index is 14.4. The second kappa shape index (κ2) is 8.74. The molecule has 33 heavy (non-hydrogen) atoms. The topological polar surface area (TPSA) is 84.9 Å². The van der Waals surface area contributed by atoms with Crippen LogP contribution in [-0.4, -0.2) is 44.0 Å². The number of halogens is 8. The summed E-state index contributed by atoms with van der Waals surface area (Å²) in [6, 6.07) is 4.09. The Hall–Kier alpha value is -2.42. The molecule has 1 aliphatic heterocycles. The van der Waals surface area contributed by atoms with Crippen LogP contribution in [0, 0.1) is 5.82 Å². The summed E-state index contributed by atoms with van der Waals surface area (Å²) in [6.07, 6.45) is -4.99. The van der Waals surface area contributed by atoms with Crippen molar-refractivity contribution < 1.29 is 49.0 Å². The molecule has 3 rings (SSSR count). The Labute approximate surface area is 192 Å². The fourth-order valence-corrected chi connectivity index (χ4v) is 4.14. The van der Waals surface area contributed by atoms with Gasteiger partial charge < -0.3 is 9.47 Å². The number of carbonyl (C=O) groups excluding carboxylic acids is 1. The van der Waals surface area contributed by atoms with Gasteiger partial charge in [0, 0.05) is 12.1 Å². The summed E-state index contributed by atoms with van der Waals surface area (Å²) < 4.78 is 112. The van der Waals surface area contributed by atoms with E-state index in [9.17, 15) is 39.6 Å². The third-order valence-electron chi connectivity index (χ3n) is 4.00. The molecular formula is C17H10Cl2F6N2O5S. The SMILES string of the molecule is O=C(NS(=O)(=O)N1CC(F)(F)C1)c1cc(Cl)c(Oc2ccc(OC(F)(F)F)c(Cl)c2)cc1F. The number of hydrogen-bond acceptors (Lipinski definition) is 5. The molecule has 0 aliphatic carbocycles. The average Bonchev–Trinajstić information content (AvgIpc) is 2.63. The molecule has 2 aromatic rings. The number of nitrogens with one attached hydrogen (secondary N) is 1. The van der Waals surface area contributed by atoms with Crippen molar-refractivity contribution in [3.8, 4) is 17.2 Å². The standard InChI is InChI=1S/C17H10Cl2F6N2O5S/c18-10-3-8(1-2-13(10)32-17(23,24)25)31-14-5-12(20)9(4-11(14)19)15(28)26-33(29,30)27-6-16(21,22)7-27/h1-5H,6-7H2,(H,26,28). The summed E-state index contributed by atoms with van der Waals surface area (Å²) in [5.41, 5.74) is -0.838. The van der Waals surface area contributed by atoms with E-state index in [4.69, 9.17) is 27.9 Å². The Bertz CT molecular complexity index is 1200. The zero-order valence-corrected chi connectivity index (χ0v) is 18.0. The van der Waals surface area contributed by atoms with Crippen LogP contribution in [0.25, 0.3) is 0 Å². The smallest absolute Gasteiger partial charge is 0.456 e. The van der Waals surface area contributed by atoms with Gasteiger partial charge in [-0.15, -0.1) is 13.2 Å². The van der Waals surface area contributed by atoms with Gasteiger partial charge in [0.2, 0.25) is 0 Å². The van der Waals surface area contributed by atoms with E-state index in [-0.39, 0.29) is 15.1 Å². The summed E-state index contributed by atoms with van der Waals surface area (Å²) in [7, 11) is -4.65. The van der Waals surface area contributed by atoms with E-state index in [1.165, 1.54) is 4.72 Å². The highest BCUT2D eigenvalue weighted by Gasteiger charge is 2.50. The molecule has 1 saturated heterocycles. The predicted molar refractivity (Wildman–Crippen MR) is 103 cm³/mol. The highest BCUT2D eigenvalue weighted by molar-refractivity contribution is 7.87. The summed E-state index contributed by atoms with van der Waals surface area (Å²) in [4.78, 5) is 12.1. The van der Waals surface area contributed by atoms with E-state index in [0.717, 1.165) is 18.2 Å². The fraction of sp³-hybridized carbons (Fsp3) is 0.235. The van der Waals surface area contributed by atoms with Crippen molar-refractivity contribution in [2.75, 3.05) is 13.1 Å². The van der Waals surface area contributed by atoms with Crippen molar-refractivity contribution >= 4 is 39.3 Å². The maximum Gasteiger partial charge on any atom is 0.573 e. The Morgan fingerprint density at radius 2 is 1.67 bits per heavy atom. The van der Waals surface area contributed by atoms with Crippen LogP contribution < -0.4 is 14.2 Å². The monoisotopic (exact) mass is 538 g/mol. The summed E-state index contributed by atoms with van der Waals surface area (Å²) in [5.74, 6) is -7.29. The van der Waals surface area contributed by atoms with Crippen LogP contribution >= 0.6 is 23.2 Å². The van der Waals surface area contributed by atoms with E-state index >= 15 is 0 Å². The Morgan fingerprint density at radius 1 is 1.06 bits per heavy atom. The van der Waals surface area contributed by atoms with Crippen LogP contribution in [0.15, 0.2) is 30.3 Å². The lowest BCUT2D eigenvalue weighted by Crippen LogP contribution is -2.61. The van der Waals surface area contributed by atoms with E-state index in [1.54, 1.807) is 0 Å².